The Balaban J connectivity index is 1.16. The van der Waals surface area contributed by atoms with E-state index in [-0.39, 0.29) is 44.8 Å². The van der Waals surface area contributed by atoms with Crippen molar-refractivity contribution in [2.45, 2.75) is 38.9 Å². The number of hydrogen-bond acceptors (Lipinski definition) is 10. The van der Waals surface area contributed by atoms with Crippen LogP contribution in [0.3, 0.4) is 0 Å². The Kier molecular flexibility index (Phi) is 8.24. The second kappa shape index (κ2) is 13.0. The number of ketones is 2. The number of thiophene rings is 2. The molecule has 16 heteroatoms. The number of ether oxygens (including phenoxy) is 2. The fraction of sp³-hybridized carbons (Fsp3) is 0.136. The highest BCUT2D eigenvalue weighted by atomic mass is 32.1. The minimum atomic E-state index is -1.26. The van der Waals surface area contributed by atoms with Crippen molar-refractivity contribution in [2.24, 2.45) is 9.98 Å². The molecule has 0 fully saturated rings. The Morgan fingerprint density at radius 2 is 0.950 bits per heavy atom. The van der Waals surface area contributed by atoms with E-state index >= 15 is 0 Å². The van der Waals surface area contributed by atoms with Crippen LogP contribution in [-0.2, 0) is 11.2 Å². The minimum Gasteiger partial charge on any atom is -0.482 e. The highest BCUT2D eigenvalue weighted by Gasteiger charge is 2.42. The second-order valence-electron chi connectivity index (χ2n) is 14.8. The van der Waals surface area contributed by atoms with Crippen LogP contribution in [0.4, 0.5) is 27.6 Å². The van der Waals surface area contributed by atoms with E-state index in [0.29, 0.717) is 53.5 Å². The van der Waals surface area contributed by atoms with Crippen molar-refractivity contribution in [3.8, 4) is 44.5 Å². The van der Waals surface area contributed by atoms with E-state index < -0.39 is 57.4 Å². The molecule has 0 saturated heterocycles. The molecule has 2 aromatic heterocycles. The van der Waals surface area contributed by atoms with E-state index in [9.17, 15) is 37.7 Å². The molecule has 9 rings (SSSR count). The summed E-state index contributed by atoms with van der Waals surface area (Å²) in [5, 5.41) is 20.1. The maximum Gasteiger partial charge on any atom is 0.271 e. The third-order valence-electron chi connectivity index (χ3n) is 10.4. The Morgan fingerprint density at radius 1 is 0.600 bits per heavy atom. The van der Waals surface area contributed by atoms with Gasteiger partial charge in [-0.2, -0.15) is 0 Å². The molecule has 4 aliphatic rings. The summed E-state index contributed by atoms with van der Waals surface area (Å²) in [4.78, 5) is 44.2. The summed E-state index contributed by atoms with van der Waals surface area (Å²) >= 11 is 2.39. The number of aliphatic imine (C=N–C) groups is 2. The van der Waals surface area contributed by atoms with Crippen LogP contribution in [0.5, 0.6) is 11.5 Å². The van der Waals surface area contributed by atoms with Crippen LogP contribution in [0.15, 0.2) is 69.9 Å². The number of carbonyl (C=O) groups excluding carboxylic acids is 2. The molecule has 0 bridgehead atoms. The Hall–Kier alpha value is -7.50. The number of fused-ring (bicyclic) bond motifs is 8. The van der Waals surface area contributed by atoms with Crippen LogP contribution in [0.1, 0.15) is 70.7 Å². The lowest BCUT2D eigenvalue weighted by Crippen LogP contribution is -2.30. The lowest BCUT2D eigenvalue weighted by molar-refractivity contribution is 0.100. The minimum absolute atomic E-state index is 0.104. The van der Waals surface area contributed by atoms with Crippen LogP contribution in [0, 0.1) is 59.1 Å². The van der Waals surface area contributed by atoms with E-state index in [4.69, 9.17) is 22.6 Å². The van der Waals surface area contributed by atoms with Gasteiger partial charge in [-0.3, -0.25) is 9.59 Å². The van der Waals surface area contributed by atoms with Crippen LogP contribution in [-0.4, -0.2) is 23.0 Å². The van der Waals surface area contributed by atoms with Gasteiger partial charge in [0.05, 0.1) is 25.3 Å². The molecule has 2 aliphatic carbocycles. The van der Waals surface area contributed by atoms with Gasteiger partial charge in [-0.1, -0.05) is 0 Å². The van der Waals surface area contributed by atoms with Gasteiger partial charge in [0.25, 0.3) is 11.4 Å². The smallest absolute Gasteiger partial charge is 0.271 e. The summed E-state index contributed by atoms with van der Waals surface area (Å²) in [7, 11) is 0. The van der Waals surface area contributed by atoms with Crippen LogP contribution < -0.4 is 9.47 Å². The van der Waals surface area contributed by atoms with E-state index in [0.717, 1.165) is 24.3 Å². The lowest BCUT2D eigenvalue weighted by atomic mass is 9.88. The third kappa shape index (κ3) is 5.46. The molecule has 60 heavy (non-hydrogen) atoms. The number of benzene rings is 3. The van der Waals surface area contributed by atoms with Gasteiger partial charge in [-0.15, -0.1) is 22.7 Å². The maximum atomic E-state index is 14.4. The molecule has 10 nitrogen and oxygen atoms in total. The molecule has 3 aromatic carbocycles. The van der Waals surface area contributed by atoms with Gasteiger partial charge < -0.3 is 9.47 Å². The Labute approximate surface area is 345 Å². The van der Waals surface area contributed by atoms with E-state index in [2.05, 4.69) is 19.7 Å². The van der Waals surface area contributed by atoms with E-state index in [1.54, 1.807) is 36.4 Å². The number of halogens is 4. The number of nitrogens with zero attached hydrogens (tertiary/aromatic N) is 6. The summed E-state index contributed by atoms with van der Waals surface area (Å²) in [6.45, 7) is 22.4. The first-order chi connectivity index (χ1) is 28.5. The van der Waals surface area contributed by atoms with E-state index in [1.165, 1.54) is 22.7 Å². The molecule has 0 radical (unpaired) electrons. The Bertz CT molecular complexity index is 3000. The number of allylic oxidation sites excluding steroid dienone is 4. The van der Waals surface area contributed by atoms with Crippen molar-refractivity contribution in [3.05, 3.63) is 139 Å². The van der Waals surface area contributed by atoms with Gasteiger partial charge in [0.1, 0.15) is 44.1 Å². The summed E-state index contributed by atoms with van der Waals surface area (Å²) in [5.74, 6) is -5.64. The quantitative estimate of drug-likeness (QED) is 0.0987. The zero-order valence-corrected chi connectivity index (χ0v) is 32.9. The summed E-state index contributed by atoms with van der Waals surface area (Å²) in [6, 6.07) is 13.5. The highest BCUT2D eigenvalue weighted by Crippen LogP contribution is 2.58. The zero-order chi connectivity index (χ0) is 42.7. The zero-order valence-electron chi connectivity index (χ0n) is 31.3. The first-order valence-corrected chi connectivity index (χ1v) is 19.3. The van der Waals surface area contributed by atoms with Gasteiger partial charge in [0.15, 0.2) is 23.3 Å². The van der Waals surface area contributed by atoms with Crippen molar-refractivity contribution >= 4 is 66.8 Å². The van der Waals surface area contributed by atoms with Crippen molar-refractivity contribution in [1.29, 1.82) is 10.5 Å². The van der Waals surface area contributed by atoms with Crippen LogP contribution >= 0.6 is 22.7 Å². The van der Waals surface area contributed by atoms with Crippen molar-refractivity contribution < 1.29 is 36.6 Å². The summed E-state index contributed by atoms with van der Waals surface area (Å²) < 4.78 is 70.4. The van der Waals surface area contributed by atoms with Crippen molar-refractivity contribution in [3.63, 3.8) is 0 Å². The molecule has 0 saturated carbocycles. The summed E-state index contributed by atoms with van der Waals surface area (Å²) in [6.07, 6.45) is 0. The SMILES string of the molecule is [C-]#[N+]C(C#N)=C1C(=Nc2cc3c(s2)-c2cc4c(cc2OC3(C)C)-c2sc(N=C3C(=O)c5cc(F)c(F)cc5/C3=C(/C#N)[N+]#[C-])cc2C(C)(C)O4)C(=O)c2cc(F)c(F)cc21. The normalized spacial score (nSPS) is 19.0. The predicted molar refractivity (Wildman–Crippen MR) is 214 cm³/mol. The molecule has 0 amide bonds. The van der Waals surface area contributed by atoms with Crippen molar-refractivity contribution in [2.75, 3.05) is 0 Å². The monoisotopic (exact) mass is 836 g/mol. The molecule has 0 atom stereocenters. The molecular weight excluding hydrogens is 817 g/mol. The molecule has 0 spiro atoms. The largest absolute Gasteiger partial charge is 0.482 e. The molecule has 2 aliphatic heterocycles. The molecule has 290 valence electrons. The predicted octanol–water partition coefficient (Wildman–Crippen LogP) is 11.2. The molecule has 5 aromatic rings. The number of hydrogen-bond donors (Lipinski definition) is 0. The maximum absolute atomic E-state index is 14.4. The number of nitriles is 2. The topological polar surface area (TPSA) is 134 Å². The van der Waals surface area contributed by atoms with Crippen LogP contribution in [0.2, 0.25) is 0 Å². The van der Waals surface area contributed by atoms with Gasteiger partial charge in [0, 0.05) is 54.3 Å². The standard InChI is InChI=1S/C44H20F4N6O4S2/c1-43(2)23-13-33(53-37-35(29(15-49)51-5)17-7-25(45)27(47)9-19(17)39(37)55)59-41(23)21-12-32-22(11-31(21)57-43)42-24(44(3,4)58-32)14-34(60-42)54-38-36(30(16-50)52-6)18-8-26(46)28(48)10-20(18)40(38)56/h7-14H,1-4H3/b35-29+,36-30?,53-37?,54-38?. The molecule has 4 heterocycles. The molecular formula is C44H20F4N6O4S2. The number of Topliss-reactive ketones (excluding diaryl/α,β-unsaturated/α-hetero) is 2. The average Bonchev–Trinajstić information content (AvgIpc) is 3.95. The van der Waals surface area contributed by atoms with Crippen molar-refractivity contribution in [1.82, 2.24) is 0 Å². The van der Waals surface area contributed by atoms with Gasteiger partial charge >= 0.3 is 0 Å². The second-order valence-corrected chi connectivity index (χ2v) is 16.9. The van der Waals surface area contributed by atoms with Gasteiger partial charge in [-0.05, 0) is 87.4 Å². The third-order valence-corrected chi connectivity index (χ3v) is 12.6. The fourth-order valence-corrected chi connectivity index (χ4v) is 10.1. The van der Waals surface area contributed by atoms with E-state index in [1.807, 2.05) is 27.7 Å². The highest BCUT2D eigenvalue weighted by molar-refractivity contribution is 7.20. The molecule has 0 unspecified atom stereocenters. The Morgan fingerprint density at radius 3 is 1.28 bits per heavy atom. The lowest BCUT2D eigenvalue weighted by Gasteiger charge is -2.36. The molecule has 0 N–H and O–H groups in total. The first kappa shape index (κ1) is 38.0. The number of rotatable bonds is 2. The average molecular weight is 837 g/mol. The van der Waals surface area contributed by atoms with Crippen LogP contribution in [0.25, 0.3) is 41.7 Å². The van der Waals surface area contributed by atoms with Gasteiger partial charge in [-0.25, -0.2) is 47.8 Å². The summed E-state index contributed by atoms with van der Waals surface area (Å²) in [5.41, 5.74) is -1.92. The van der Waals surface area contributed by atoms with Gasteiger partial charge in [0.2, 0.25) is 11.6 Å². The first-order valence-electron chi connectivity index (χ1n) is 17.7. The number of carbonyl (C=O) groups is 2. The fourth-order valence-electron chi connectivity index (χ4n) is 7.71.